The maximum absolute atomic E-state index is 6.45. The molecular formula is C17H35N3. The summed E-state index contributed by atoms with van der Waals surface area (Å²) in [6.07, 6.45) is 5.56. The Kier molecular flexibility index (Phi) is 6.31. The van der Waals surface area contributed by atoms with Crippen molar-refractivity contribution in [1.82, 2.24) is 9.80 Å². The summed E-state index contributed by atoms with van der Waals surface area (Å²) in [7, 11) is 0. The van der Waals surface area contributed by atoms with Gasteiger partial charge in [-0.05, 0) is 76.2 Å². The van der Waals surface area contributed by atoms with Gasteiger partial charge in [-0.2, -0.15) is 0 Å². The first-order valence-corrected chi connectivity index (χ1v) is 8.89. The number of nitrogens with two attached hydrogens (primary N) is 1. The molecule has 0 aromatic heterocycles. The molecule has 0 radical (unpaired) electrons. The molecule has 2 aliphatic carbocycles. The minimum absolute atomic E-state index is 0.491. The zero-order chi connectivity index (χ0) is 14.5. The van der Waals surface area contributed by atoms with Crippen molar-refractivity contribution in [2.24, 2.45) is 23.5 Å². The summed E-state index contributed by atoms with van der Waals surface area (Å²) in [5.41, 5.74) is 6.45. The molecule has 2 saturated carbocycles. The molecule has 3 heteroatoms. The van der Waals surface area contributed by atoms with Crippen molar-refractivity contribution >= 4 is 0 Å². The second kappa shape index (κ2) is 7.77. The summed E-state index contributed by atoms with van der Waals surface area (Å²) >= 11 is 0. The van der Waals surface area contributed by atoms with E-state index in [9.17, 15) is 0 Å². The molecule has 0 aliphatic heterocycles. The number of rotatable bonds is 9. The molecular weight excluding hydrogens is 246 g/mol. The Morgan fingerprint density at radius 3 is 2.05 bits per heavy atom. The average molecular weight is 281 g/mol. The average Bonchev–Trinajstić information content (AvgIpc) is 3.05. The molecule has 2 aliphatic rings. The quantitative estimate of drug-likeness (QED) is 0.704. The number of hydrogen-bond donors (Lipinski definition) is 1. The molecule has 0 aromatic carbocycles. The molecule has 2 bridgehead atoms. The second-order valence-electron chi connectivity index (χ2n) is 6.85. The number of fused-ring (bicyclic) bond motifs is 2. The van der Waals surface area contributed by atoms with E-state index >= 15 is 0 Å². The van der Waals surface area contributed by atoms with Crippen molar-refractivity contribution in [2.75, 3.05) is 39.3 Å². The SMILES string of the molecule is CCN(CC)CCCN(CC)CC1C2CCC(C2)C1N. The Morgan fingerprint density at radius 1 is 0.900 bits per heavy atom. The van der Waals surface area contributed by atoms with E-state index in [0.29, 0.717) is 6.04 Å². The van der Waals surface area contributed by atoms with Gasteiger partial charge in [0, 0.05) is 12.6 Å². The van der Waals surface area contributed by atoms with Crippen molar-refractivity contribution in [3.05, 3.63) is 0 Å². The molecule has 0 heterocycles. The Balaban J connectivity index is 1.72. The lowest BCUT2D eigenvalue weighted by atomic mass is 9.84. The maximum atomic E-state index is 6.45. The molecule has 0 saturated heterocycles. The van der Waals surface area contributed by atoms with E-state index in [-0.39, 0.29) is 0 Å². The van der Waals surface area contributed by atoms with Gasteiger partial charge in [-0.25, -0.2) is 0 Å². The van der Waals surface area contributed by atoms with Crippen LogP contribution in [0.4, 0.5) is 0 Å². The van der Waals surface area contributed by atoms with Crippen LogP contribution in [0.3, 0.4) is 0 Å². The molecule has 2 fully saturated rings. The lowest BCUT2D eigenvalue weighted by molar-refractivity contribution is 0.171. The van der Waals surface area contributed by atoms with Gasteiger partial charge < -0.3 is 15.5 Å². The summed E-state index contributed by atoms with van der Waals surface area (Å²) in [5.74, 6) is 2.56. The Hall–Kier alpha value is -0.120. The molecule has 2 N–H and O–H groups in total. The fourth-order valence-electron chi connectivity index (χ4n) is 4.46. The predicted molar refractivity (Wildman–Crippen MR) is 86.8 cm³/mol. The molecule has 2 rings (SSSR count). The van der Waals surface area contributed by atoms with Gasteiger partial charge in [0.2, 0.25) is 0 Å². The van der Waals surface area contributed by atoms with E-state index in [1.165, 1.54) is 65.0 Å². The third-order valence-electron chi connectivity index (χ3n) is 5.92. The summed E-state index contributed by atoms with van der Waals surface area (Å²) in [4.78, 5) is 5.17. The van der Waals surface area contributed by atoms with Crippen LogP contribution in [0.1, 0.15) is 46.5 Å². The van der Waals surface area contributed by atoms with E-state index in [0.717, 1.165) is 17.8 Å². The fourth-order valence-corrected chi connectivity index (χ4v) is 4.46. The summed E-state index contributed by atoms with van der Waals surface area (Å²) < 4.78 is 0. The highest BCUT2D eigenvalue weighted by molar-refractivity contribution is 4.99. The van der Waals surface area contributed by atoms with Gasteiger partial charge in [0.15, 0.2) is 0 Å². The topological polar surface area (TPSA) is 32.5 Å². The molecule has 4 atom stereocenters. The Morgan fingerprint density at radius 2 is 1.50 bits per heavy atom. The minimum Gasteiger partial charge on any atom is -0.327 e. The Bertz CT molecular complexity index is 275. The third-order valence-corrected chi connectivity index (χ3v) is 5.92. The summed E-state index contributed by atoms with van der Waals surface area (Å²) in [6, 6.07) is 0.491. The van der Waals surface area contributed by atoms with Crippen LogP contribution >= 0.6 is 0 Å². The van der Waals surface area contributed by atoms with Gasteiger partial charge in [-0.3, -0.25) is 0 Å². The van der Waals surface area contributed by atoms with Gasteiger partial charge in [0.05, 0.1) is 0 Å². The van der Waals surface area contributed by atoms with Crippen LogP contribution in [0.2, 0.25) is 0 Å². The first kappa shape index (κ1) is 16.3. The van der Waals surface area contributed by atoms with Crippen molar-refractivity contribution in [2.45, 2.75) is 52.5 Å². The van der Waals surface area contributed by atoms with Crippen LogP contribution in [0, 0.1) is 17.8 Å². The van der Waals surface area contributed by atoms with Crippen molar-refractivity contribution in [1.29, 1.82) is 0 Å². The highest BCUT2D eigenvalue weighted by Gasteiger charge is 2.45. The molecule has 0 spiro atoms. The molecule has 118 valence electrons. The zero-order valence-corrected chi connectivity index (χ0v) is 13.9. The highest BCUT2D eigenvalue weighted by atomic mass is 15.1. The molecule has 0 amide bonds. The summed E-state index contributed by atoms with van der Waals surface area (Å²) in [5, 5.41) is 0. The zero-order valence-electron chi connectivity index (χ0n) is 13.9. The van der Waals surface area contributed by atoms with Crippen molar-refractivity contribution in [3.8, 4) is 0 Å². The van der Waals surface area contributed by atoms with Crippen molar-refractivity contribution < 1.29 is 0 Å². The van der Waals surface area contributed by atoms with E-state index in [1.54, 1.807) is 0 Å². The van der Waals surface area contributed by atoms with Gasteiger partial charge in [0.25, 0.3) is 0 Å². The van der Waals surface area contributed by atoms with Gasteiger partial charge in [0.1, 0.15) is 0 Å². The molecule has 4 unspecified atom stereocenters. The number of hydrogen-bond acceptors (Lipinski definition) is 3. The monoisotopic (exact) mass is 281 g/mol. The lowest BCUT2D eigenvalue weighted by Gasteiger charge is -2.33. The first-order chi connectivity index (χ1) is 9.69. The fraction of sp³-hybridized carbons (Fsp3) is 1.00. The van der Waals surface area contributed by atoms with Gasteiger partial charge in [-0.1, -0.05) is 20.8 Å². The van der Waals surface area contributed by atoms with E-state index < -0.39 is 0 Å². The standard InChI is InChI=1S/C17H35N3/c1-4-19(5-2)10-7-11-20(6-3)13-16-14-8-9-15(12-14)17(16)18/h14-17H,4-13,18H2,1-3H3. The molecule has 20 heavy (non-hydrogen) atoms. The van der Waals surface area contributed by atoms with Crippen LogP contribution in [-0.4, -0.2) is 55.1 Å². The first-order valence-electron chi connectivity index (χ1n) is 8.89. The van der Waals surface area contributed by atoms with Crippen LogP contribution < -0.4 is 5.73 Å². The van der Waals surface area contributed by atoms with Gasteiger partial charge in [-0.15, -0.1) is 0 Å². The van der Waals surface area contributed by atoms with Crippen molar-refractivity contribution in [3.63, 3.8) is 0 Å². The van der Waals surface area contributed by atoms with E-state index in [1.807, 2.05) is 0 Å². The third kappa shape index (κ3) is 3.75. The maximum Gasteiger partial charge on any atom is 0.0111 e. The van der Waals surface area contributed by atoms with E-state index in [4.69, 9.17) is 5.73 Å². The minimum atomic E-state index is 0.491. The van der Waals surface area contributed by atoms with Crippen LogP contribution in [0.5, 0.6) is 0 Å². The largest absolute Gasteiger partial charge is 0.327 e. The number of nitrogens with zero attached hydrogens (tertiary/aromatic N) is 2. The Labute approximate surface area is 125 Å². The summed E-state index contributed by atoms with van der Waals surface area (Å²) in [6.45, 7) is 14.1. The molecule has 3 nitrogen and oxygen atoms in total. The molecule has 0 aromatic rings. The second-order valence-corrected chi connectivity index (χ2v) is 6.85. The normalized spacial score (nSPS) is 32.7. The smallest absolute Gasteiger partial charge is 0.0111 e. The van der Waals surface area contributed by atoms with E-state index in [2.05, 4.69) is 30.6 Å². The van der Waals surface area contributed by atoms with Gasteiger partial charge >= 0.3 is 0 Å². The van der Waals surface area contributed by atoms with Crippen LogP contribution in [0.25, 0.3) is 0 Å². The lowest BCUT2D eigenvalue weighted by Crippen LogP contribution is -2.43. The van der Waals surface area contributed by atoms with Crippen LogP contribution in [-0.2, 0) is 0 Å². The predicted octanol–water partition coefficient (Wildman–Crippen LogP) is 2.41. The highest BCUT2D eigenvalue weighted by Crippen LogP contribution is 2.47. The van der Waals surface area contributed by atoms with Crippen LogP contribution in [0.15, 0.2) is 0 Å².